The van der Waals surface area contributed by atoms with Crippen molar-refractivity contribution in [1.29, 1.82) is 0 Å². The molecule has 0 spiro atoms. The number of halogens is 1. The minimum absolute atomic E-state index is 0.0611. The summed E-state index contributed by atoms with van der Waals surface area (Å²) in [6.07, 6.45) is 2.08. The van der Waals surface area contributed by atoms with E-state index in [1.165, 1.54) is 26.4 Å². The highest BCUT2D eigenvalue weighted by molar-refractivity contribution is 5.95. The number of carboxylic acid groups (broad SMARTS) is 1. The third-order valence-electron chi connectivity index (χ3n) is 7.90. The van der Waals surface area contributed by atoms with Gasteiger partial charge in [-0.05, 0) is 68.9 Å². The van der Waals surface area contributed by atoms with Crippen molar-refractivity contribution in [2.75, 3.05) is 19.1 Å². The van der Waals surface area contributed by atoms with Gasteiger partial charge in [-0.25, -0.2) is 14.2 Å². The molecule has 1 aromatic heterocycles. The van der Waals surface area contributed by atoms with Crippen molar-refractivity contribution in [2.45, 2.75) is 63.6 Å². The number of anilines is 1. The summed E-state index contributed by atoms with van der Waals surface area (Å²) in [6, 6.07) is 7.49. The Morgan fingerprint density at radius 3 is 2.66 bits per heavy atom. The largest absolute Gasteiger partial charge is 0.497 e. The lowest BCUT2D eigenvalue weighted by molar-refractivity contribution is -0.143. The lowest BCUT2D eigenvalue weighted by Gasteiger charge is -2.34. The highest BCUT2D eigenvalue weighted by Gasteiger charge is 2.35. The Bertz CT molecular complexity index is 1390. The van der Waals surface area contributed by atoms with Crippen molar-refractivity contribution in [3.05, 3.63) is 53.1 Å². The number of aliphatic carboxylic acids is 1. The average molecular weight is 526 g/mol. The number of benzene rings is 2. The molecule has 38 heavy (non-hydrogen) atoms. The summed E-state index contributed by atoms with van der Waals surface area (Å²) >= 11 is 0. The number of carboxylic acids is 1. The minimum atomic E-state index is -1.29. The van der Waals surface area contributed by atoms with Gasteiger partial charge in [-0.3, -0.25) is 9.69 Å². The van der Waals surface area contributed by atoms with Crippen LogP contribution >= 0.6 is 0 Å². The smallest absolute Gasteiger partial charge is 0.414 e. The molecule has 0 saturated heterocycles. The molecule has 2 aliphatic rings. The number of nitrogens with zero attached hydrogens (tertiary/aromatic N) is 3. The maximum Gasteiger partial charge on any atom is 0.414 e. The molecule has 4 atom stereocenters. The number of methoxy groups -OCH3 is 2. The molecule has 9 nitrogen and oxygen atoms in total. The van der Waals surface area contributed by atoms with Gasteiger partial charge >= 0.3 is 12.1 Å². The fraction of sp³-hybridized carbons (Fsp3) is 0.464. The molecule has 3 unspecified atom stereocenters. The Balaban J connectivity index is 1.70. The van der Waals surface area contributed by atoms with Crippen molar-refractivity contribution in [1.82, 2.24) is 9.55 Å². The first-order valence-electron chi connectivity index (χ1n) is 12.9. The lowest BCUT2D eigenvalue weighted by atomic mass is 9.85. The average Bonchev–Trinajstić information content (AvgIpc) is 3.31. The van der Waals surface area contributed by atoms with E-state index in [9.17, 15) is 24.2 Å². The van der Waals surface area contributed by atoms with E-state index in [4.69, 9.17) is 14.5 Å². The molecule has 3 aromatic rings. The fourth-order valence-corrected chi connectivity index (χ4v) is 6.00. The maximum absolute atomic E-state index is 14.4. The number of hydrogen-bond donors (Lipinski definition) is 2. The summed E-state index contributed by atoms with van der Waals surface area (Å²) < 4.78 is 26.5. The van der Waals surface area contributed by atoms with Crippen molar-refractivity contribution < 1.29 is 33.7 Å². The predicted octanol–water partition coefficient (Wildman–Crippen LogP) is 4.99. The second-order valence-corrected chi connectivity index (χ2v) is 10.2. The molecule has 202 valence electrons. The van der Waals surface area contributed by atoms with E-state index in [0.717, 1.165) is 23.9 Å². The number of amides is 1. The SMILES string of the molecule is COC(=O)N1c2ccc3c(nc(C(O)c4cc(F)cc(OC)c4)n3C3CCCC(C(=O)O)C3)c2CC[C@@H]1C. The van der Waals surface area contributed by atoms with Crippen LogP contribution in [-0.2, 0) is 16.0 Å². The van der Waals surface area contributed by atoms with Crippen LogP contribution in [0.3, 0.4) is 0 Å². The number of hydrogen-bond acceptors (Lipinski definition) is 6. The molecule has 0 bridgehead atoms. The van der Waals surface area contributed by atoms with Crippen molar-refractivity contribution in [2.24, 2.45) is 5.92 Å². The van der Waals surface area contributed by atoms with Crippen LogP contribution in [0.15, 0.2) is 30.3 Å². The number of imidazole rings is 1. The Kier molecular flexibility index (Phi) is 7.00. The normalized spacial score (nSPS) is 22.1. The molecule has 2 heterocycles. The van der Waals surface area contributed by atoms with Gasteiger partial charge in [-0.1, -0.05) is 6.42 Å². The van der Waals surface area contributed by atoms with Crippen LogP contribution in [0.4, 0.5) is 14.9 Å². The van der Waals surface area contributed by atoms with E-state index < -0.39 is 29.9 Å². The standard InChI is InChI=1S/C28H32FN3O6/c1-15-7-8-21-22(31(15)28(36)38-3)9-10-23-24(21)30-26(25(33)17-11-18(29)14-20(13-17)37-2)32(23)19-6-4-5-16(12-19)27(34)35/h9-11,13-16,19,25,33H,4-8,12H2,1-3H3,(H,34,35)/t15-,16?,19?,25?/m0/s1. The van der Waals surface area contributed by atoms with Gasteiger partial charge in [-0.2, -0.15) is 0 Å². The predicted molar refractivity (Wildman–Crippen MR) is 138 cm³/mol. The number of aryl methyl sites for hydroxylation is 1. The molecule has 1 saturated carbocycles. The summed E-state index contributed by atoms with van der Waals surface area (Å²) in [5.41, 5.74) is 3.23. The monoisotopic (exact) mass is 525 g/mol. The molecule has 10 heteroatoms. The molecule has 1 aliphatic heterocycles. The number of rotatable bonds is 5. The zero-order chi connectivity index (χ0) is 27.1. The molecule has 1 aliphatic carbocycles. The summed E-state index contributed by atoms with van der Waals surface area (Å²) in [5.74, 6) is -1.31. The second-order valence-electron chi connectivity index (χ2n) is 10.2. The van der Waals surface area contributed by atoms with Gasteiger partial charge in [0.15, 0.2) is 0 Å². The molecular weight excluding hydrogens is 493 g/mol. The van der Waals surface area contributed by atoms with E-state index >= 15 is 0 Å². The number of aliphatic hydroxyl groups excluding tert-OH is 1. The summed E-state index contributed by atoms with van der Waals surface area (Å²) in [6.45, 7) is 1.96. The van der Waals surface area contributed by atoms with Crippen molar-refractivity contribution in [3.63, 3.8) is 0 Å². The Hall–Kier alpha value is -3.66. The number of ether oxygens (including phenoxy) is 2. The summed E-state index contributed by atoms with van der Waals surface area (Å²) in [7, 11) is 2.77. The van der Waals surface area contributed by atoms with Crippen LogP contribution < -0.4 is 9.64 Å². The molecule has 1 fully saturated rings. The van der Waals surface area contributed by atoms with Gasteiger partial charge in [0.2, 0.25) is 0 Å². The van der Waals surface area contributed by atoms with Gasteiger partial charge in [0, 0.05) is 23.7 Å². The number of aromatic nitrogens is 2. The molecule has 2 N–H and O–H groups in total. The van der Waals surface area contributed by atoms with Crippen molar-refractivity contribution in [3.8, 4) is 5.75 Å². The zero-order valence-electron chi connectivity index (χ0n) is 21.7. The zero-order valence-corrected chi connectivity index (χ0v) is 21.7. The van der Waals surface area contributed by atoms with Gasteiger partial charge in [0.25, 0.3) is 0 Å². The van der Waals surface area contributed by atoms with Gasteiger partial charge in [0.05, 0.1) is 36.9 Å². The van der Waals surface area contributed by atoms with Crippen LogP contribution in [-0.4, -0.2) is 52.1 Å². The van der Waals surface area contributed by atoms with E-state index in [1.807, 2.05) is 23.6 Å². The molecule has 1 amide bonds. The quantitative estimate of drug-likeness (QED) is 0.482. The maximum atomic E-state index is 14.4. The topological polar surface area (TPSA) is 114 Å². The number of fused-ring (bicyclic) bond motifs is 3. The molecule has 2 aromatic carbocycles. The van der Waals surface area contributed by atoms with E-state index in [0.29, 0.717) is 42.7 Å². The minimum Gasteiger partial charge on any atom is -0.497 e. The van der Waals surface area contributed by atoms with Crippen molar-refractivity contribution >= 4 is 28.8 Å². The number of carbonyl (C=O) groups excluding carboxylic acids is 1. The Morgan fingerprint density at radius 2 is 1.95 bits per heavy atom. The summed E-state index contributed by atoms with van der Waals surface area (Å²) in [4.78, 5) is 31.0. The first-order valence-corrected chi connectivity index (χ1v) is 12.9. The highest BCUT2D eigenvalue weighted by Crippen LogP contribution is 2.42. The number of carbonyl (C=O) groups is 2. The molecular formula is C28H32FN3O6. The van der Waals surface area contributed by atoms with E-state index in [2.05, 4.69) is 0 Å². The van der Waals surface area contributed by atoms with E-state index in [-0.39, 0.29) is 23.4 Å². The summed E-state index contributed by atoms with van der Waals surface area (Å²) in [5, 5.41) is 21.3. The van der Waals surface area contributed by atoms with Crippen LogP contribution in [0, 0.1) is 11.7 Å². The Morgan fingerprint density at radius 1 is 1.16 bits per heavy atom. The Labute approximate surface area is 219 Å². The van der Waals surface area contributed by atoms with Gasteiger partial charge in [0.1, 0.15) is 23.5 Å². The van der Waals surface area contributed by atoms with Gasteiger partial charge < -0.3 is 24.3 Å². The third kappa shape index (κ3) is 4.47. The van der Waals surface area contributed by atoms with Crippen LogP contribution in [0.2, 0.25) is 0 Å². The third-order valence-corrected chi connectivity index (χ3v) is 7.90. The first-order chi connectivity index (χ1) is 18.2. The van der Waals surface area contributed by atoms with Crippen LogP contribution in [0.25, 0.3) is 11.0 Å². The molecule has 0 radical (unpaired) electrons. The highest BCUT2D eigenvalue weighted by atomic mass is 19.1. The lowest BCUT2D eigenvalue weighted by Crippen LogP contribution is -2.42. The van der Waals surface area contributed by atoms with Crippen LogP contribution in [0.1, 0.15) is 68.1 Å². The molecule has 5 rings (SSSR count). The first kappa shape index (κ1) is 26.0. The van der Waals surface area contributed by atoms with Gasteiger partial charge in [-0.15, -0.1) is 0 Å². The van der Waals surface area contributed by atoms with E-state index in [1.54, 1.807) is 11.0 Å². The second kappa shape index (κ2) is 10.2. The fourth-order valence-electron chi connectivity index (χ4n) is 6.00. The number of aliphatic hydroxyl groups is 1. The van der Waals surface area contributed by atoms with Crippen LogP contribution in [0.5, 0.6) is 5.75 Å².